The normalized spacial score (nSPS) is 11.6. The molecule has 2 nitrogen and oxygen atoms in total. The fourth-order valence-corrected chi connectivity index (χ4v) is 1.56. The lowest BCUT2D eigenvalue weighted by molar-refractivity contribution is -0.142. The molecule has 0 spiro atoms. The van der Waals surface area contributed by atoms with Crippen LogP contribution in [0.4, 0.5) is 22.0 Å². The van der Waals surface area contributed by atoms with E-state index in [4.69, 9.17) is 4.42 Å². The summed E-state index contributed by atoms with van der Waals surface area (Å²) in [6, 6.07) is 3.46. The smallest absolute Gasteiger partial charge is 0.422 e. The number of halogens is 5. The molecule has 1 aromatic heterocycles. The predicted octanol–water partition coefficient (Wildman–Crippen LogP) is 4.06. The molecular weight excluding hydrogens is 271 g/mol. The van der Waals surface area contributed by atoms with Gasteiger partial charge in [-0.2, -0.15) is 13.2 Å². The molecule has 2 rings (SSSR count). The van der Waals surface area contributed by atoms with Gasteiger partial charge in [-0.3, -0.25) is 4.79 Å². The molecule has 1 aromatic carbocycles. The number of rotatable bonds is 2. The molecule has 100 valence electrons. The fraction of sp³-hybridized carbons (Fsp3) is 0.0833. The van der Waals surface area contributed by atoms with E-state index in [1.54, 1.807) is 0 Å². The van der Waals surface area contributed by atoms with Crippen LogP contribution in [0.5, 0.6) is 0 Å². The predicted molar refractivity (Wildman–Crippen MR) is 54.4 cm³/mol. The van der Waals surface area contributed by atoms with E-state index in [2.05, 4.69) is 0 Å². The van der Waals surface area contributed by atoms with Crippen LogP contribution in [0.25, 0.3) is 11.3 Å². The highest BCUT2D eigenvalue weighted by Crippen LogP contribution is 2.36. The summed E-state index contributed by atoms with van der Waals surface area (Å²) in [4.78, 5) is 10.4. The van der Waals surface area contributed by atoms with Crippen molar-refractivity contribution in [1.29, 1.82) is 0 Å². The number of hydrogen-bond acceptors (Lipinski definition) is 2. The molecule has 0 unspecified atom stereocenters. The quantitative estimate of drug-likeness (QED) is 0.611. The average molecular weight is 276 g/mol. The van der Waals surface area contributed by atoms with Crippen LogP contribution in [0.3, 0.4) is 0 Å². The molecular formula is C12H5F5O2. The van der Waals surface area contributed by atoms with Crippen LogP contribution >= 0.6 is 0 Å². The first-order valence-electron chi connectivity index (χ1n) is 4.94. The highest BCUT2D eigenvalue weighted by Gasteiger charge is 2.38. The van der Waals surface area contributed by atoms with Gasteiger partial charge in [-0.15, -0.1) is 0 Å². The van der Waals surface area contributed by atoms with Crippen molar-refractivity contribution >= 4 is 6.29 Å². The van der Waals surface area contributed by atoms with E-state index in [0.717, 1.165) is 0 Å². The number of benzene rings is 1. The monoisotopic (exact) mass is 276 g/mol. The summed E-state index contributed by atoms with van der Waals surface area (Å²) in [7, 11) is 0. The van der Waals surface area contributed by atoms with Crippen molar-refractivity contribution < 1.29 is 31.2 Å². The third kappa shape index (κ3) is 2.49. The number of aldehydes is 1. The molecule has 0 fully saturated rings. The Morgan fingerprint density at radius 3 is 2.05 bits per heavy atom. The molecule has 0 aliphatic rings. The van der Waals surface area contributed by atoms with Crippen molar-refractivity contribution in [1.82, 2.24) is 0 Å². The van der Waals surface area contributed by atoms with E-state index in [1.807, 2.05) is 0 Å². The topological polar surface area (TPSA) is 30.2 Å². The summed E-state index contributed by atoms with van der Waals surface area (Å²) in [5, 5.41) is 0. The second-order valence-corrected chi connectivity index (χ2v) is 3.63. The Morgan fingerprint density at radius 1 is 1.05 bits per heavy atom. The van der Waals surface area contributed by atoms with Crippen molar-refractivity contribution in [3.8, 4) is 11.3 Å². The number of carbonyl (C=O) groups excluding carboxylic acids is 1. The van der Waals surface area contributed by atoms with Crippen LogP contribution in [0.1, 0.15) is 16.1 Å². The second kappa shape index (κ2) is 4.49. The van der Waals surface area contributed by atoms with Gasteiger partial charge in [-0.05, 0) is 24.3 Å². The maximum Gasteiger partial charge on any atom is 0.422 e. The maximum atomic E-state index is 13.3. The molecule has 0 bridgehead atoms. The number of alkyl halides is 3. The molecule has 0 aliphatic carbocycles. The highest BCUT2D eigenvalue weighted by molar-refractivity contribution is 5.72. The Balaban J connectivity index is 2.54. The lowest BCUT2D eigenvalue weighted by Gasteiger charge is -2.10. The first kappa shape index (κ1) is 13.3. The van der Waals surface area contributed by atoms with E-state index in [1.165, 1.54) is 12.1 Å². The Hall–Kier alpha value is -2.18. The molecule has 0 saturated carbocycles. The minimum absolute atomic E-state index is 0.101. The molecule has 0 amide bonds. The third-order valence-corrected chi connectivity index (χ3v) is 2.35. The van der Waals surface area contributed by atoms with Crippen LogP contribution in [0, 0.1) is 11.6 Å². The number of furan rings is 1. The number of carbonyl (C=O) groups is 1. The van der Waals surface area contributed by atoms with Crippen molar-refractivity contribution in [2.24, 2.45) is 0 Å². The van der Waals surface area contributed by atoms with E-state index >= 15 is 0 Å². The Morgan fingerprint density at radius 2 is 1.63 bits per heavy atom. The molecule has 7 heteroatoms. The van der Waals surface area contributed by atoms with Gasteiger partial charge >= 0.3 is 6.18 Å². The largest absolute Gasteiger partial charge is 0.453 e. The van der Waals surface area contributed by atoms with Crippen LogP contribution < -0.4 is 0 Å². The molecule has 0 saturated heterocycles. The van der Waals surface area contributed by atoms with Gasteiger partial charge in [0.1, 0.15) is 23.0 Å². The lowest BCUT2D eigenvalue weighted by Crippen LogP contribution is -2.11. The van der Waals surface area contributed by atoms with E-state index in [9.17, 15) is 26.7 Å². The molecule has 0 N–H and O–H groups in total. The van der Waals surface area contributed by atoms with Crippen molar-refractivity contribution in [3.05, 3.63) is 47.2 Å². The minimum atomic E-state index is -5.12. The van der Waals surface area contributed by atoms with Crippen molar-refractivity contribution in [2.75, 3.05) is 0 Å². The van der Waals surface area contributed by atoms with Crippen LogP contribution in [0.15, 0.2) is 28.7 Å². The van der Waals surface area contributed by atoms with Gasteiger partial charge < -0.3 is 4.42 Å². The molecule has 0 aliphatic heterocycles. The first-order valence-corrected chi connectivity index (χ1v) is 4.94. The summed E-state index contributed by atoms with van der Waals surface area (Å²) in [5.41, 5.74) is -2.19. The summed E-state index contributed by atoms with van der Waals surface area (Å²) >= 11 is 0. The van der Waals surface area contributed by atoms with Gasteiger partial charge in [-0.1, -0.05) is 0 Å². The van der Waals surface area contributed by atoms with Crippen LogP contribution in [0.2, 0.25) is 0 Å². The van der Waals surface area contributed by atoms with E-state index in [-0.39, 0.29) is 17.1 Å². The zero-order valence-corrected chi connectivity index (χ0v) is 9.09. The standard InChI is InChI=1S/C12H5F5O2/c13-8-3-6(10-2-1-7(5-18)19-10)4-9(14)11(8)12(15,16)17/h1-5H. The Bertz CT molecular complexity index is 604. The summed E-state index contributed by atoms with van der Waals surface area (Å²) < 4.78 is 68.5. The summed E-state index contributed by atoms with van der Waals surface area (Å²) in [6.45, 7) is 0. The zero-order valence-electron chi connectivity index (χ0n) is 9.09. The summed E-state index contributed by atoms with van der Waals surface area (Å²) in [5.74, 6) is -3.69. The SMILES string of the molecule is O=Cc1ccc(-c2cc(F)c(C(F)(F)F)c(F)c2)o1. The van der Waals surface area contributed by atoms with Crippen molar-refractivity contribution in [3.63, 3.8) is 0 Å². The van der Waals surface area contributed by atoms with Gasteiger partial charge in [0.05, 0.1) is 0 Å². The molecule has 0 atom stereocenters. The van der Waals surface area contributed by atoms with Crippen LogP contribution in [-0.4, -0.2) is 6.29 Å². The molecule has 1 heterocycles. The highest BCUT2D eigenvalue weighted by atomic mass is 19.4. The van der Waals surface area contributed by atoms with Gasteiger partial charge in [0.15, 0.2) is 12.0 Å². The van der Waals surface area contributed by atoms with Gasteiger partial charge in [0, 0.05) is 5.56 Å². The third-order valence-electron chi connectivity index (χ3n) is 2.35. The number of hydrogen-bond donors (Lipinski definition) is 0. The Kier molecular flexibility index (Phi) is 3.13. The maximum absolute atomic E-state index is 13.3. The minimum Gasteiger partial charge on any atom is -0.453 e. The zero-order chi connectivity index (χ0) is 14.2. The van der Waals surface area contributed by atoms with Gasteiger partial charge in [0.25, 0.3) is 0 Å². The molecule has 2 aromatic rings. The Labute approximate surface area is 103 Å². The van der Waals surface area contributed by atoms with Crippen molar-refractivity contribution in [2.45, 2.75) is 6.18 Å². The summed E-state index contributed by atoms with van der Waals surface area (Å²) in [6.07, 6.45) is -4.76. The average Bonchev–Trinajstić information content (AvgIpc) is 2.74. The van der Waals surface area contributed by atoms with E-state index in [0.29, 0.717) is 18.4 Å². The lowest BCUT2D eigenvalue weighted by atomic mass is 10.1. The fourth-order valence-electron chi connectivity index (χ4n) is 1.56. The first-order chi connectivity index (χ1) is 8.82. The van der Waals surface area contributed by atoms with E-state index < -0.39 is 23.4 Å². The second-order valence-electron chi connectivity index (χ2n) is 3.63. The molecule has 0 radical (unpaired) electrons. The van der Waals surface area contributed by atoms with Gasteiger partial charge in [-0.25, -0.2) is 8.78 Å². The molecule has 19 heavy (non-hydrogen) atoms. The van der Waals surface area contributed by atoms with Crippen LogP contribution in [-0.2, 0) is 6.18 Å². The van der Waals surface area contributed by atoms with Gasteiger partial charge in [0.2, 0.25) is 0 Å².